The highest BCUT2D eigenvalue weighted by molar-refractivity contribution is 7.84. The zero-order chi connectivity index (χ0) is 12.1. The molecule has 0 bridgehead atoms. The summed E-state index contributed by atoms with van der Waals surface area (Å²) in [5.41, 5.74) is 0. The topological polar surface area (TPSA) is 29.1 Å². The molecule has 0 aromatic carbocycles. The summed E-state index contributed by atoms with van der Waals surface area (Å²) in [6.45, 7) is 7.62. The van der Waals surface area contributed by atoms with Crippen molar-refractivity contribution in [1.29, 1.82) is 0 Å². The molecule has 0 radical (unpaired) electrons. The van der Waals surface area contributed by atoms with E-state index >= 15 is 0 Å². The third kappa shape index (κ3) is 4.17. The maximum atomic E-state index is 11.3. The Morgan fingerprint density at radius 3 is 2.69 bits per heavy atom. The fourth-order valence-corrected chi connectivity index (χ4v) is 2.98. The highest BCUT2D eigenvalue weighted by Gasteiger charge is 2.27. The van der Waals surface area contributed by atoms with Crippen LogP contribution in [0.5, 0.6) is 0 Å². The van der Waals surface area contributed by atoms with Gasteiger partial charge in [-0.15, -0.1) is 0 Å². The average Bonchev–Trinajstić information content (AvgIpc) is 2.26. The van der Waals surface area contributed by atoms with Gasteiger partial charge in [-0.3, -0.25) is 4.21 Å². The van der Waals surface area contributed by atoms with Crippen molar-refractivity contribution in [2.24, 2.45) is 11.8 Å². The van der Waals surface area contributed by atoms with E-state index in [-0.39, 0.29) is 5.25 Å². The molecule has 1 saturated carbocycles. The average molecular weight is 245 g/mol. The minimum atomic E-state index is -0.697. The van der Waals surface area contributed by atoms with Crippen LogP contribution in [0.4, 0.5) is 0 Å². The molecule has 1 aliphatic rings. The van der Waals surface area contributed by atoms with Crippen LogP contribution in [-0.2, 0) is 10.8 Å². The lowest BCUT2D eigenvalue weighted by molar-refractivity contribution is 0.208. The summed E-state index contributed by atoms with van der Waals surface area (Å²) < 4.78 is 11.3. The number of nitrogens with one attached hydrogen (secondary N) is 1. The molecule has 0 spiro atoms. The van der Waals surface area contributed by atoms with E-state index in [1.807, 2.05) is 0 Å². The fourth-order valence-electron chi connectivity index (χ4n) is 2.65. The first-order valence-corrected chi connectivity index (χ1v) is 8.22. The molecule has 0 saturated heterocycles. The summed E-state index contributed by atoms with van der Waals surface area (Å²) in [7, 11) is -0.697. The molecule has 5 unspecified atom stereocenters. The Bertz CT molecular complexity index is 232. The maximum absolute atomic E-state index is 11.3. The van der Waals surface area contributed by atoms with Gasteiger partial charge in [-0.05, 0) is 38.0 Å². The number of hydrogen-bond acceptors (Lipinski definition) is 2. The number of hydrogen-bond donors (Lipinski definition) is 1. The van der Waals surface area contributed by atoms with Crippen LogP contribution in [0.25, 0.3) is 0 Å². The molecule has 0 aromatic heterocycles. The van der Waals surface area contributed by atoms with Gasteiger partial charge in [0.1, 0.15) is 0 Å². The van der Waals surface area contributed by atoms with Crippen molar-refractivity contribution in [1.82, 2.24) is 5.32 Å². The van der Waals surface area contributed by atoms with Gasteiger partial charge in [0, 0.05) is 34.9 Å². The van der Waals surface area contributed by atoms with Gasteiger partial charge >= 0.3 is 0 Å². The van der Waals surface area contributed by atoms with Crippen LogP contribution < -0.4 is 5.32 Å². The van der Waals surface area contributed by atoms with Crippen LogP contribution in [0.15, 0.2) is 0 Å². The SMILES string of the molecule is CCC1CC(C)CCC1NCC(C)S(C)=O. The molecule has 1 fully saturated rings. The van der Waals surface area contributed by atoms with Crippen LogP contribution in [-0.4, -0.2) is 28.3 Å². The van der Waals surface area contributed by atoms with Gasteiger partial charge in [0.2, 0.25) is 0 Å². The lowest BCUT2D eigenvalue weighted by Crippen LogP contribution is -2.43. The van der Waals surface area contributed by atoms with Crippen molar-refractivity contribution < 1.29 is 4.21 Å². The molecule has 1 aliphatic carbocycles. The van der Waals surface area contributed by atoms with Crippen LogP contribution in [0.2, 0.25) is 0 Å². The molecule has 16 heavy (non-hydrogen) atoms. The lowest BCUT2D eigenvalue weighted by atomic mass is 9.77. The van der Waals surface area contributed by atoms with Gasteiger partial charge in [0.05, 0.1) is 0 Å². The highest BCUT2D eigenvalue weighted by atomic mass is 32.2. The molecule has 0 aliphatic heterocycles. The summed E-state index contributed by atoms with van der Waals surface area (Å²) >= 11 is 0. The third-order valence-corrected chi connectivity index (χ3v) is 5.30. The Balaban J connectivity index is 2.37. The molecule has 1 rings (SSSR count). The van der Waals surface area contributed by atoms with Crippen LogP contribution in [0.3, 0.4) is 0 Å². The van der Waals surface area contributed by atoms with Crippen LogP contribution in [0.1, 0.15) is 46.5 Å². The zero-order valence-electron chi connectivity index (χ0n) is 11.2. The summed E-state index contributed by atoms with van der Waals surface area (Å²) in [6, 6.07) is 0.659. The molecule has 1 N–H and O–H groups in total. The highest BCUT2D eigenvalue weighted by Crippen LogP contribution is 2.30. The Kier molecular flexibility index (Phi) is 5.98. The Hall–Kier alpha value is 0.110. The van der Waals surface area contributed by atoms with E-state index in [1.165, 1.54) is 25.7 Å². The predicted molar refractivity (Wildman–Crippen MR) is 72.1 cm³/mol. The normalized spacial score (nSPS) is 34.6. The van der Waals surface area contributed by atoms with Crippen molar-refractivity contribution in [3.63, 3.8) is 0 Å². The first kappa shape index (κ1) is 14.2. The van der Waals surface area contributed by atoms with Gasteiger partial charge in [-0.2, -0.15) is 0 Å². The second kappa shape index (κ2) is 6.75. The fraction of sp³-hybridized carbons (Fsp3) is 1.00. The molecular weight excluding hydrogens is 218 g/mol. The summed E-state index contributed by atoms with van der Waals surface area (Å²) in [5.74, 6) is 1.71. The van der Waals surface area contributed by atoms with E-state index in [0.29, 0.717) is 6.04 Å². The largest absolute Gasteiger partial charge is 0.313 e. The Morgan fingerprint density at radius 2 is 2.12 bits per heavy atom. The van der Waals surface area contributed by atoms with E-state index in [0.717, 1.165) is 18.4 Å². The molecule has 0 heterocycles. The minimum absolute atomic E-state index is 0.275. The van der Waals surface area contributed by atoms with Crippen molar-refractivity contribution in [2.45, 2.75) is 57.7 Å². The molecule has 0 aromatic rings. The molecule has 2 nitrogen and oxygen atoms in total. The minimum Gasteiger partial charge on any atom is -0.313 e. The van der Waals surface area contributed by atoms with Crippen molar-refractivity contribution in [3.8, 4) is 0 Å². The predicted octanol–water partition coefficient (Wildman–Crippen LogP) is 2.56. The summed E-state index contributed by atoms with van der Waals surface area (Å²) in [5, 5.41) is 3.91. The number of rotatable bonds is 5. The van der Waals surface area contributed by atoms with E-state index in [9.17, 15) is 4.21 Å². The first-order valence-electron chi connectivity index (χ1n) is 6.60. The van der Waals surface area contributed by atoms with Crippen LogP contribution >= 0.6 is 0 Å². The summed E-state index contributed by atoms with van der Waals surface area (Å²) in [4.78, 5) is 0. The Labute approximate surface area is 103 Å². The molecular formula is C13H27NOS. The van der Waals surface area contributed by atoms with Crippen molar-refractivity contribution in [2.75, 3.05) is 12.8 Å². The molecule has 0 amide bonds. The smallest absolute Gasteiger partial charge is 0.0441 e. The van der Waals surface area contributed by atoms with E-state index < -0.39 is 10.8 Å². The van der Waals surface area contributed by atoms with Crippen LogP contribution in [0, 0.1) is 11.8 Å². The second-order valence-electron chi connectivity index (χ2n) is 5.41. The van der Waals surface area contributed by atoms with Gasteiger partial charge in [-0.1, -0.05) is 20.3 Å². The second-order valence-corrected chi connectivity index (χ2v) is 7.21. The van der Waals surface area contributed by atoms with Crippen molar-refractivity contribution in [3.05, 3.63) is 0 Å². The van der Waals surface area contributed by atoms with Crippen molar-refractivity contribution >= 4 is 10.8 Å². The van der Waals surface area contributed by atoms with Gasteiger partial charge in [-0.25, -0.2) is 0 Å². The van der Waals surface area contributed by atoms with Gasteiger partial charge in [0.15, 0.2) is 0 Å². The van der Waals surface area contributed by atoms with Gasteiger partial charge in [0.25, 0.3) is 0 Å². The lowest BCUT2D eigenvalue weighted by Gasteiger charge is -2.35. The quantitative estimate of drug-likeness (QED) is 0.806. The molecule has 3 heteroatoms. The van der Waals surface area contributed by atoms with E-state index in [2.05, 4.69) is 26.1 Å². The standard InChI is InChI=1S/C13H27NOS/c1-5-12-8-10(2)6-7-13(12)14-9-11(3)16(4)15/h10-14H,5-9H2,1-4H3. The maximum Gasteiger partial charge on any atom is 0.0441 e. The van der Waals surface area contributed by atoms with Gasteiger partial charge < -0.3 is 5.32 Å². The molecule has 5 atom stereocenters. The summed E-state index contributed by atoms with van der Waals surface area (Å²) in [6.07, 6.45) is 7.07. The third-order valence-electron chi connectivity index (χ3n) is 4.00. The van der Waals surface area contributed by atoms with E-state index in [4.69, 9.17) is 0 Å². The van der Waals surface area contributed by atoms with E-state index in [1.54, 1.807) is 6.26 Å². The molecule has 96 valence electrons. The zero-order valence-corrected chi connectivity index (χ0v) is 12.0. The Morgan fingerprint density at radius 1 is 1.44 bits per heavy atom. The monoisotopic (exact) mass is 245 g/mol. The first-order chi connectivity index (χ1) is 7.54.